The summed E-state index contributed by atoms with van der Waals surface area (Å²) in [5.41, 5.74) is 0.988. The van der Waals surface area contributed by atoms with Crippen LogP contribution < -0.4 is 24.4 Å². The lowest BCUT2D eigenvalue weighted by Crippen LogP contribution is -2.40. The molecule has 0 aliphatic carbocycles. The summed E-state index contributed by atoms with van der Waals surface area (Å²) < 4.78 is 17.9. The van der Waals surface area contributed by atoms with Crippen molar-refractivity contribution >= 4 is 35.0 Å². The Morgan fingerprint density at radius 3 is 2.59 bits per heavy atom. The zero-order valence-electron chi connectivity index (χ0n) is 21.6. The van der Waals surface area contributed by atoms with Crippen LogP contribution in [0.5, 0.6) is 11.5 Å². The highest BCUT2D eigenvalue weighted by Gasteiger charge is 2.34. The highest BCUT2D eigenvalue weighted by atomic mass is 32.1. The fourth-order valence-corrected chi connectivity index (χ4v) is 5.24. The molecule has 1 aliphatic heterocycles. The molecule has 12 heteroatoms. The van der Waals surface area contributed by atoms with Gasteiger partial charge in [0.15, 0.2) is 16.3 Å². The van der Waals surface area contributed by atoms with Crippen LogP contribution >= 0.6 is 11.3 Å². The van der Waals surface area contributed by atoms with Crippen molar-refractivity contribution in [3.05, 3.63) is 94.7 Å². The maximum atomic E-state index is 13.7. The number of fused-ring (bicyclic) bond motifs is 1. The van der Waals surface area contributed by atoms with Crippen LogP contribution in [-0.2, 0) is 14.3 Å². The minimum Gasteiger partial charge on any atom is -0.490 e. The maximum Gasteiger partial charge on any atom is 0.338 e. The van der Waals surface area contributed by atoms with E-state index in [-0.39, 0.29) is 40.5 Å². The van der Waals surface area contributed by atoms with Crippen molar-refractivity contribution in [3.8, 4) is 11.5 Å². The number of non-ortho nitro benzene ring substituents is 1. The number of nitro benzene ring substituents is 1. The number of rotatable bonds is 8. The van der Waals surface area contributed by atoms with Crippen molar-refractivity contribution in [2.45, 2.75) is 33.7 Å². The fraction of sp³-hybridized carbons (Fsp3) is 0.259. The van der Waals surface area contributed by atoms with Gasteiger partial charge in [-0.05, 0) is 50.1 Å². The van der Waals surface area contributed by atoms with Gasteiger partial charge in [-0.15, -0.1) is 0 Å². The molecule has 0 saturated heterocycles. The van der Waals surface area contributed by atoms with Crippen LogP contribution in [0.1, 0.15) is 44.9 Å². The van der Waals surface area contributed by atoms with Crippen LogP contribution in [0.25, 0.3) is 6.08 Å². The number of carbonyl (C=O) groups excluding carboxylic acids is 2. The molecule has 0 radical (unpaired) electrons. The minimum absolute atomic E-state index is 0.105. The Hall–Kier alpha value is -4.58. The molecule has 11 nitrogen and oxygen atoms in total. The second-order valence-electron chi connectivity index (χ2n) is 8.39. The molecular formula is C27H25N3O8S. The molecule has 2 aromatic carbocycles. The van der Waals surface area contributed by atoms with Gasteiger partial charge in [-0.25, -0.2) is 9.79 Å². The number of thiazole rings is 1. The van der Waals surface area contributed by atoms with E-state index in [1.807, 2.05) is 0 Å². The van der Waals surface area contributed by atoms with Crippen molar-refractivity contribution < 1.29 is 28.7 Å². The van der Waals surface area contributed by atoms with E-state index in [0.29, 0.717) is 21.6 Å². The third kappa shape index (κ3) is 5.65. The summed E-state index contributed by atoms with van der Waals surface area (Å²) in [4.78, 5) is 54.0. The molecule has 0 amide bonds. The fourth-order valence-electron chi connectivity index (χ4n) is 4.19. The number of hydrogen-bond donors (Lipinski definition) is 0. The highest BCUT2D eigenvalue weighted by molar-refractivity contribution is 7.07. The molecule has 1 unspecified atom stereocenters. The number of benzene rings is 2. The van der Waals surface area contributed by atoms with Gasteiger partial charge in [-0.1, -0.05) is 29.5 Å². The first-order chi connectivity index (χ1) is 18.6. The van der Waals surface area contributed by atoms with Crippen LogP contribution in [0.4, 0.5) is 5.69 Å². The number of nitrogens with zero attached hydrogens (tertiary/aromatic N) is 3. The molecule has 39 heavy (non-hydrogen) atoms. The molecule has 1 aromatic heterocycles. The van der Waals surface area contributed by atoms with Gasteiger partial charge in [-0.3, -0.25) is 24.3 Å². The van der Waals surface area contributed by atoms with E-state index in [2.05, 4.69) is 4.99 Å². The lowest BCUT2D eigenvalue weighted by molar-refractivity contribution is -0.384. The minimum atomic E-state index is -0.918. The number of esters is 2. The van der Waals surface area contributed by atoms with E-state index >= 15 is 0 Å². The summed E-state index contributed by atoms with van der Waals surface area (Å²) in [5, 5.41) is 11.2. The molecule has 2 heterocycles. The smallest absolute Gasteiger partial charge is 0.338 e. The van der Waals surface area contributed by atoms with Gasteiger partial charge >= 0.3 is 11.9 Å². The van der Waals surface area contributed by atoms with Crippen LogP contribution in [-0.4, -0.2) is 34.6 Å². The Morgan fingerprint density at radius 2 is 1.92 bits per heavy atom. The van der Waals surface area contributed by atoms with E-state index in [1.165, 1.54) is 29.7 Å². The zero-order valence-corrected chi connectivity index (χ0v) is 22.4. The van der Waals surface area contributed by atoms with E-state index in [9.17, 15) is 24.5 Å². The van der Waals surface area contributed by atoms with Crippen molar-refractivity contribution in [2.75, 3.05) is 13.2 Å². The second-order valence-corrected chi connectivity index (χ2v) is 9.40. The molecular weight excluding hydrogens is 526 g/mol. The Morgan fingerprint density at radius 1 is 1.15 bits per heavy atom. The number of allylic oxidation sites excluding steroid dienone is 1. The van der Waals surface area contributed by atoms with E-state index in [1.54, 1.807) is 51.1 Å². The summed E-state index contributed by atoms with van der Waals surface area (Å²) in [6.07, 6.45) is 1.55. The third-order valence-corrected chi connectivity index (χ3v) is 6.72. The van der Waals surface area contributed by atoms with Crippen LogP contribution in [0.2, 0.25) is 0 Å². The van der Waals surface area contributed by atoms with Crippen LogP contribution in [0.3, 0.4) is 0 Å². The number of hydrogen-bond acceptors (Lipinski definition) is 10. The van der Waals surface area contributed by atoms with E-state index < -0.39 is 28.5 Å². The number of aromatic nitrogens is 1. The van der Waals surface area contributed by atoms with Gasteiger partial charge in [0.25, 0.3) is 11.2 Å². The van der Waals surface area contributed by atoms with Gasteiger partial charge in [0.1, 0.15) is 0 Å². The number of nitro groups is 1. The quantitative estimate of drug-likeness (QED) is 0.180. The average molecular weight is 552 g/mol. The average Bonchev–Trinajstić information content (AvgIpc) is 3.18. The standard InChI is InChI=1S/C27H25N3O8S/c1-5-36-21-14-18(10-11-20(21)38-16(4)31)24-23(26(33)37-6-2)15(3)28-27-29(24)25(32)22(39-27)13-17-8-7-9-19(12-17)30(34)35/h7-14,24H,5-6H2,1-4H3/b22-13+. The molecule has 0 saturated carbocycles. The largest absolute Gasteiger partial charge is 0.490 e. The second kappa shape index (κ2) is 11.4. The van der Waals surface area contributed by atoms with E-state index in [4.69, 9.17) is 14.2 Å². The summed E-state index contributed by atoms with van der Waals surface area (Å²) in [5.74, 6) is -0.689. The molecule has 0 bridgehead atoms. The van der Waals surface area contributed by atoms with Crippen molar-refractivity contribution in [3.63, 3.8) is 0 Å². The topological polar surface area (TPSA) is 139 Å². The Balaban J connectivity index is 1.95. The lowest BCUT2D eigenvalue weighted by Gasteiger charge is -2.25. The predicted molar refractivity (Wildman–Crippen MR) is 142 cm³/mol. The molecule has 1 atom stereocenters. The normalized spacial score (nSPS) is 14.9. The first-order valence-electron chi connectivity index (χ1n) is 12.0. The molecule has 4 rings (SSSR count). The zero-order chi connectivity index (χ0) is 28.3. The SMILES string of the molecule is CCOC(=O)C1=C(C)N=c2s/c(=C/c3cccc([N+](=O)[O-])c3)c(=O)n2C1c1ccc(OC(C)=O)c(OCC)c1. The van der Waals surface area contributed by atoms with Gasteiger partial charge < -0.3 is 14.2 Å². The van der Waals surface area contributed by atoms with Crippen LogP contribution in [0, 0.1) is 10.1 Å². The summed E-state index contributed by atoms with van der Waals surface area (Å²) in [6.45, 7) is 6.78. The van der Waals surface area contributed by atoms with Crippen molar-refractivity contribution in [2.24, 2.45) is 4.99 Å². The van der Waals surface area contributed by atoms with Gasteiger partial charge in [-0.2, -0.15) is 0 Å². The van der Waals surface area contributed by atoms with Gasteiger partial charge in [0, 0.05) is 19.1 Å². The van der Waals surface area contributed by atoms with Crippen molar-refractivity contribution in [1.29, 1.82) is 0 Å². The number of carbonyl (C=O) groups is 2. The van der Waals surface area contributed by atoms with Gasteiger partial charge in [0.2, 0.25) is 0 Å². The summed E-state index contributed by atoms with van der Waals surface area (Å²) in [7, 11) is 0. The van der Waals surface area contributed by atoms with Crippen molar-refractivity contribution in [1.82, 2.24) is 4.57 Å². The summed E-state index contributed by atoms with van der Waals surface area (Å²) in [6, 6.07) is 9.80. The third-order valence-electron chi connectivity index (χ3n) is 5.73. The Kier molecular flexibility index (Phi) is 8.05. The maximum absolute atomic E-state index is 13.7. The van der Waals surface area contributed by atoms with Crippen LogP contribution in [0.15, 0.2) is 63.5 Å². The first-order valence-corrected chi connectivity index (χ1v) is 12.9. The molecule has 0 spiro atoms. The molecule has 0 N–H and O–H groups in total. The molecule has 0 fully saturated rings. The first kappa shape index (κ1) is 27.5. The number of ether oxygens (including phenoxy) is 3. The summed E-state index contributed by atoms with van der Waals surface area (Å²) >= 11 is 1.10. The lowest BCUT2D eigenvalue weighted by atomic mass is 9.95. The van der Waals surface area contributed by atoms with E-state index in [0.717, 1.165) is 11.3 Å². The Labute approximate surface area is 226 Å². The molecule has 1 aliphatic rings. The predicted octanol–water partition coefficient (Wildman–Crippen LogP) is 3.03. The highest BCUT2D eigenvalue weighted by Crippen LogP contribution is 2.36. The Bertz CT molecular complexity index is 1690. The van der Waals surface area contributed by atoms with Gasteiger partial charge in [0.05, 0.1) is 40.0 Å². The molecule has 3 aromatic rings. The monoisotopic (exact) mass is 551 g/mol. The molecule has 202 valence electrons.